The molecule has 2 fully saturated rings. The fourth-order valence-electron chi connectivity index (χ4n) is 2.67. The summed E-state index contributed by atoms with van der Waals surface area (Å²) in [6, 6.07) is 2.26. The number of sulfonamides is 1. The van der Waals surface area contributed by atoms with Crippen LogP contribution in [-0.2, 0) is 10.0 Å². The fraction of sp³-hybridized carbons (Fsp3) is 0.900. The molecule has 1 aliphatic carbocycles. The monoisotopic (exact) mass is 228 g/mol. The third-order valence-electron chi connectivity index (χ3n) is 3.47. The van der Waals surface area contributed by atoms with Gasteiger partial charge in [-0.05, 0) is 19.3 Å². The lowest BCUT2D eigenvalue weighted by Gasteiger charge is -2.37. The molecule has 2 rings (SSSR count). The molecule has 5 heteroatoms. The maximum atomic E-state index is 11.8. The summed E-state index contributed by atoms with van der Waals surface area (Å²) >= 11 is 0. The molecule has 1 saturated heterocycles. The highest BCUT2D eigenvalue weighted by Crippen LogP contribution is 2.37. The predicted octanol–water partition coefficient (Wildman–Crippen LogP) is 1.25. The number of hydrogen-bond acceptors (Lipinski definition) is 3. The molecule has 1 aliphatic heterocycles. The Kier molecular flexibility index (Phi) is 2.73. The third-order valence-corrected chi connectivity index (χ3v) is 5.47. The maximum Gasteiger partial charge on any atom is 0.215 e. The smallest absolute Gasteiger partial charge is 0.212 e. The molecule has 2 aliphatic rings. The SMILES string of the molecule is N#CC1(N2CCCS2(=O)=O)CCCCC1. The van der Waals surface area contributed by atoms with Gasteiger partial charge in [0.2, 0.25) is 10.0 Å². The molecular formula is C10H16N2O2S. The molecule has 0 aromatic rings. The van der Waals surface area contributed by atoms with E-state index in [-0.39, 0.29) is 5.75 Å². The van der Waals surface area contributed by atoms with E-state index < -0.39 is 15.6 Å². The standard InChI is InChI=1S/C10H16N2O2S/c11-9-10(5-2-1-3-6-10)12-7-4-8-15(12,13)14/h1-8H2. The average Bonchev–Trinajstić information content (AvgIpc) is 2.60. The number of rotatable bonds is 1. The highest BCUT2D eigenvalue weighted by atomic mass is 32.2. The van der Waals surface area contributed by atoms with Crippen LogP contribution in [-0.4, -0.2) is 30.6 Å². The van der Waals surface area contributed by atoms with Crippen molar-refractivity contribution in [2.45, 2.75) is 44.1 Å². The van der Waals surface area contributed by atoms with Crippen LogP contribution < -0.4 is 0 Å². The lowest BCUT2D eigenvalue weighted by molar-refractivity contribution is 0.196. The second kappa shape index (κ2) is 3.76. The van der Waals surface area contributed by atoms with Gasteiger partial charge in [0.25, 0.3) is 0 Å². The molecule has 0 N–H and O–H groups in total. The van der Waals surface area contributed by atoms with Gasteiger partial charge in [-0.2, -0.15) is 9.57 Å². The fourth-order valence-corrected chi connectivity index (χ4v) is 4.55. The molecule has 0 aromatic carbocycles. The lowest BCUT2D eigenvalue weighted by Crippen LogP contribution is -2.49. The summed E-state index contributed by atoms with van der Waals surface area (Å²) in [7, 11) is -3.15. The third kappa shape index (κ3) is 1.77. The Morgan fingerprint density at radius 1 is 1.13 bits per heavy atom. The van der Waals surface area contributed by atoms with Crippen LogP contribution >= 0.6 is 0 Å². The first-order chi connectivity index (χ1) is 7.11. The van der Waals surface area contributed by atoms with Gasteiger partial charge in [0.15, 0.2) is 0 Å². The minimum absolute atomic E-state index is 0.219. The highest BCUT2D eigenvalue weighted by Gasteiger charge is 2.46. The van der Waals surface area contributed by atoms with E-state index in [1.54, 1.807) is 0 Å². The molecule has 4 nitrogen and oxygen atoms in total. The molecule has 1 saturated carbocycles. The Labute approximate surface area is 90.9 Å². The maximum absolute atomic E-state index is 11.8. The van der Waals surface area contributed by atoms with Gasteiger partial charge in [-0.15, -0.1) is 0 Å². The quantitative estimate of drug-likeness (QED) is 0.678. The van der Waals surface area contributed by atoms with Crippen molar-refractivity contribution < 1.29 is 8.42 Å². The zero-order chi connectivity index (χ0) is 10.9. The predicted molar refractivity (Wildman–Crippen MR) is 56.5 cm³/mol. The molecule has 84 valence electrons. The summed E-state index contributed by atoms with van der Waals surface area (Å²) in [5.41, 5.74) is -0.715. The largest absolute Gasteiger partial charge is 0.215 e. The van der Waals surface area contributed by atoms with E-state index in [9.17, 15) is 13.7 Å². The normalized spacial score (nSPS) is 29.8. The van der Waals surface area contributed by atoms with Crippen LogP contribution in [0.15, 0.2) is 0 Å². The zero-order valence-electron chi connectivity index (χ0n) is 8.78. The van der Waals surface area contributed by atoms with Crippen LogP contribution in [0.2, 0.25) is 0 Å². The number of nitriles is 1. The van der Waals surface area contributed by atoms with Gasteiger partial charge >= 0.3 is 0 Å². The molecule has 0 atom stereocenters. The minimum Gasteiger partial charge on any atom is -0.212 e. The molecule has 0 amide bonds. The van der Waals surface area contributed by atoms with Crippen LogP contribution in [0.3, 0.4) is 0 Å². The van der Waals surface area contributed by atoms with Crippen LogP contribution in [0.25, 0.3) is 0 Å². The molecule has 1 heterocycles. The molecule has 0 unspecified atom stereocenters. The van der Waals surface area contributed by atoms with E-state index in [0.717, 1.165) is 19.3 Å². The van der Waals surface area contributed by atoms with E-state index >= 15 is 0 Å². The van der Waals surface area contributed by atoms with E-state index in [1.807, 2.05) is 0 Å². The zero-order valence-corrected chi connectivity index (χ0v) is 9.59. The van der Waals surface area contributed by atoms with E-state index in [1.165, 1.54) is 4.31 Å². The van der Waals surface area contributed by atoms with Crippen molar-refractivity contribution in [1.82, 2.24) is 4.31 Å². The Balaban J connectivity index is 2.30. The minimum atomic E-state index is -3.15. The first-order valence-corrected chi connectivity index (χ1v) is 7.13. The molecule has 0 radical (unpaired) electrons. The molecule has 0 aromatic heterocycles. The highest BCUT2D eigenvalue weighted by molar-refractivity contribution is 7.89. The van der Waals surface area contributed by atoms with Crippen LogP contribution in [0, 0.1) is 11.3 Å². The van der Waals surface area contributed by atoms with Crippen molar-refractivity contribution in [2.75, 3.05) is 12.3 Å². The molecule has 0 spiro atoms. The van der Waals surface area contributed by atoms with Crippen LogP contribution in [0.5, 0.6) is 0 Å². The first kappa shape index (κ1) is 10.9. The Morgan fingerprint density at radius 3 is 2.27 bits per heavy atom. The summed E-state index contributed by atoms with van der Waals surface area (Å²) in [6.45, 7) is 0.538. The Morgan fingerprint density at radius 2 is 1.80 bits per heavy atom. The van der Waals surface area contributed by atoms with Gasteiger partial charge in [-0.25, -0.2) is 8.42 Å². The van der Waals surface area contributed by atoms with Gasteiger partial charge in [-0.3, -0.25) is 0 Å². The van der Waals surface area contributed by atoms with Gasteiger partial charge in [0.1, 0.15) is 5.54 Å². The van der Waals surface area contributed by atoms with E-state index in [0.29, 0.717) is 25.8 Å². The summed E-state index contributed by atoms with van der Waals surface area (Å²) in [5, 5.41) is 9.28. The summed E-state index contributed by atoms with van der Waals surface area (Å²) in [5.74, 6) is 0.219. The van der Waals surface area contributed by atoms with Crippen molar-refractivity contribution in [3.8, 4) is 6.07 Å². The van der Waals surface area contributed by atoms with Crippen molar-refractivity contribution in [3.05, 3.63) is 0 Å². The van der Waals surface area contributed by atoms with Crippen molar-refractivity contribution in [3.63, 3.8) is 0 Å². The first-order valence-electron chi connectivity index (χ1n) is 5.53. The molecular weight excluding hydrogens is 212 g/mol. The van der Waals surface area contributed by atoms with Gasteiger partial charge in [0, 0.05) is 6.54 Å². The molecule has 15 heavy (non-hydrogen) atoms. The van der Waals surface area contributed by atoms with Gasteiger partial charge in [0.05, 0.1) is 11.8 Å². The van der Waals surface area contributed by atoms with Crippen LogP contribution in [0.4, 0.5) is 0 Å². The molecule has 0 bridgehead atoms. The van der Waals surface area contributed by atoms with Crippen molar-refractivity contribution in [1.29, 1.82) is 5.26 Å². The van der Waals surface area contributed by atoms with Gasteiger partial charge < -0.3 is 0 Å². The van der Waals surface area contributed by atoms with Crippen LogP contribution in [0.1, 0.15) is 38.5 Å². The van der Waals surface area contributed by atoms with E-state index in [4.69, 9.17) is 0 Å². The second-order valence-corrected chi connectivity index (χ2v) is 6.46. The second-order valence-electron chi connectivity index (χ2n) is 4.45. The Bertz CT molecular complexity index is 377. The topological polar surface area (TPSA) is 61.2 Å². The number of hydrogen-bond donors (Lipinski definition) is 0. The Hall–Kier alpha value is -0.600. The number of nitrogens with zero attached hydrogens (tertiary/aromatic N) is 2. The lowest BCUT2D eigenvalue weighted by atomic mass is 9.83. The van der Waals surface area contributed by atoms with Crippen molar-refractivity contribution >= 4 is 10.0 Å². The van der Waals surface area contributed by atoms with Crippen molar-refractivity contribution in [2.24, 2.45) is 0 Å². The summed E-state index contributed by atoms with van der Waals surface area (Å²) < 4.78 is 25.1. The summed E-state index contributed by atoms with van der Waals surface area (Å²) in [6.07, 6.45) is 5.16. The van der Waals surface area contributed by atoms with E-state index in [2.05, 4.69) is 6.07 Å². The average molecular weight is 228 g/mol. The van der Waals surface area contributed by atoms with Gasteiger partial charge in [-0.1, -0.05) is 19.3 Å². The summed E-state index contributed by atoms with van der Waals surface area (Å²) in [4.78, 5) is 0.